The molecule has 1 aromatic carbocycles. The van der Waals surface area contributed by atoms with Gasteiger partial charge in [-0.25, -0.2) is 0 Å². The van der Waals surface area contributed by atoms with Crippen LogP contribution in [0, 0.1) is 0 Å². The molecular formula is C13H15Cl2N3. The maximum absolute atomic E-state index is 5.99. The lowest BCUT2D eigenvalue weighted by atomic mass is 10.1. The smallest absolute Gasteiger partial charge is 0.0924 e. The highest BCUT2D eigenvalue weighted by atomic mass is 35.5. The third-order valence-corrected chi connectivity index (χ3v) is 3.59. The van der Waals surface area contributed by atoms with Gasteiger partial charge < -0.3 is 5.73 Å². The number of H-pyrrole nitrogens is 1. The van der Waals surface area contributed by atoms with Crippen molar-refractivity contribution in [2.45, 2.75) is 25.8 Å². The van der Waals surface area contributed by atoms with E-state index in [2.05, 4.69) is 17.1 Å². The van der Waals surface area contributed by atoms with Crippen LogP contribution < -0.4 is 5.73 Å². The lowest BCUT2D eigenvalue weighted by Gasteiger charge is -2.04. The van der Waals surface area contributed by atoms with E-state index in [1.54, 1.807) is 6.07 Å². The first-order chi connectivity index (χ1) is 8.60. The van der Waals surface area contributed by atoms with Gasteiger partial charge in [-0.1, -0.05) is 36.2 Å². The van der Waals surface area contributed by atoms with Crippen molar-refractivity contribution in [3.05, 3.63) is 40.0 Å². The molecule has 3 N–H and O–H groups in total. The molecular weight excluding hydrogens is 269 g/mol. The third kappa shape index (κ3) is 3.05. The van der Waals surface area contributed by atoms with E-state index >= 15 is 0 Å². The number of aromatic amines is 1. The molecule has 0 bridgehead atoms. The average Bonchev–Trinajstić information content (AvgIpc) is 2.81. The SMILES string of the molecule is CCC(N)Cc1cc(-c2ccc(Cl)c(Cl)c2)n[nH]1. The molecule has 0 saturated heterocycles. The van der Waals surface area contributed by atoms with Crippen molar-refractivity contribution in [2.75, 3.05) is 0 Å². The van der Waals surface area contributed by atoms with Crippen molar-refractivity contribution in [1.29, 1.82) is 0 Å². The summed E-state index contributed by atoms with van der Waals surface area (Å²) in [6, 6.07) is 7.63. The van der Waals surface area contributed by atoms with Gasteiger partial charge >= 0.3 is 0 Å². The number of nitrogens with two attached hydrogens (primary N) is 1. The molecule has 1 heterocycles. The number of rotatable bonds is 4. The number of nitrogens with zero attached hydrogens (tertiary/aromatic N) is 1. The van der Waals surface area contributed by atoms with Gasteiger partial charge in [-0.15, -0.1) is 0 Å². The Labute approximate surface area is 116 Å². The number of hydrogen-bond acceptors (Lipinski definition) is 2. The van der Waals surface area contributed by atoms with Crippen molar-refractivity contribution in [3.8, 4) is 11.3 Å². The van der Waals surface area contributed by atoms with Gasteiger partial charge in [0.2, 0.25) is 0 Å². The fourth-order valence-electron chi connectivity index (χ4n) is 1.70. The zero-order valence-electron chi connectivity index (χ0n) is 10.1. The number of nitrogens with one attached hydrogen (secondary N) is 1. The second-order valence-electron chi connectivity index (χ2n) is 4.28. The number of hydrogen-bond donors (Lipinski definition) is 2. The van der Waals surface area contributed by atoms with E-state index in [-0.39, 0.29) is 6.04 Å². The molecule has 0 aliphatic rings. The van der Waals surface area contributed by atoms with Gasteiger partial charge in [0, 0.05) is 23.7 Å². The van der Waals surface area contributed by atoms with Gasteiger partial charge in [0.15, 0.2) is 0 Å². The zero-order valence-corrected chi connectivity index (χ0v) is 11.6. The summed E-state index contributed by atoms with van der Waals surface area (Å²) in [6.07, 6.45) is 1.74. The number of halogens is 2. The summed E-state index contributed by atoms with van der Waals surface area (Å²) in [5.41, 5.74) is 8.74. The van der Waals surface area contributed by atoms with Gasteiger partial charge in [-0.3, -0.25) is 5.10 Å². The first-order valence-electron chi connectivity index (χ1n) is 5.85. The molecule has 18 heavy (non-hydrogen) atoms. The van der Waals surface area contributed by atoms with Crippen LogP contribution in [-0.4, -0.2) is 16.2 Å². The summed E-state index contributed by atoms with van der Waals surface area (Å²) in [6.45, 7) is 2.07. The Morgan fingerprint density at radius 3 is 2.72 bits per heavy atom. The van der Waals surface area contributed by atoms with Crippen LogP contribution in [0.15, 0.2) is 24.3 Å². The third-order valence-electron chi connectivity index (χ3n) is 2.85. The van der Waals surface area contributed by atoms with E-state index in [0.29, 0.717) is 10.0 Å². The normalized spacial score (nSPS) is 12.7. The van der Waals surface area contributed by atoms with Crippen LogP contribution in [0.3, 0.4) is 0 Å². The molecule has 1 unspecified atom stereocenters. The van der Waals surface area contributed by atoms with E-state index in [1.807, 2.05) is 18.2 Å². The van der Waals surface area contributed by atoms with E-state index in [9.17, 15) is 0 Å². The second-order valence-corrected chi connectivity index (χ2v) is 5.09. The maximum atomic E-state index is 5.99. The molecule has 0 amide bonds. The number of aromatic nitrogens is 2. The minimum absolute atomic E-state index is 0.159. The number of benzene rings is 1. The first kappa shape index (κ1) is 13.4. The monoisotopic (exact) mass is 283 g/mol. The molecule has 0 radical (unpaired) electrons. The summed E-state index contributed by atoms with van der Waals surface area (Å²) in [7, 11) is 0. The van der Waals surface area contributed by atoms with Gasteiger partial charge in [-0.05, 0) is 24.6 Å². The Bertz CT molecular complexity index is 537. The van der Waals surface area contributed by atoms with Crippen molar-refractivity contribution in [2.24, 2.45) is 5.73 Å². The highest BCUT2D eigenvalue weighted by Crippen LogP contribution is 2.27. The van der Waals surface area contributed by atoms with Crippen molar-refractivity contribution in [1.82, 2.24) is 10.2 Å². The van der Waals surface area contributed by atoms with Crippen molar-refractivity contribution < 1.29 is 0 Å². The predicted octanol–water partition coefficient (Wildman–Crippen LogP) is 3.66. The Kier molecular flexibility index (Phi) is 4.27. The fourth-order valence-corrected chi connectivity index (χ4v) is 1.99. The molecule has 5 heteroatoms. The van der Waals surface area contributed by atoms with E-state index in [1.165, 1.54) is 0 Å². The predicted molar refractivity (Wildman–Crippen MR) is 76.0 cm³/mol. The lowest BCUT2D eigenvalue weighted by molar-refractivity contribution is 0.635. The summed E-state index contributed by atoms with van der Waals surface area (Å²) in [4.78, 5) is 0. The lowest BCUT2D eigenvalue weighted by Crippen LogP contribution is -2.21. The van der Waals surface area contributed by atoms with Crippen molar-refractivity contribution >= 4 is 23.2 Å². The van der Waals surface area contributed by atoms with Crippen LogP contribution in [0.25, 0.3) is 11.3 Å². The van der Waals surface area contributed by atoms with E-state index < -0.39 is 0 Å². The Morgan fingerprint density at radius 1 is 1.28 bits per heavy atom. The van der Waals surface area contributed by atoms with Crippen molar-refractivity contribution in [3.63, 3.8) is 0 Å². The minimum Gasteiger partial charge on any atom is -0.327 e. The maximum Gasteiger partial charge on any atom is 0.0924 e. The molecule has 1 atom stereocenters. The van der Waals surface area contributed by atoms with Gasteiger partial charge in [0.1, 0.15) is 0 Å². The van der Waals surface area contributed by atoms with Gasteiger partial charge in [0.25, 0.3) is 0 Å². The first-order valence-corrected chi connectivity index (χ1v) is 6.61. The summed E-state index contributed by atoms with van der Waals surface area (Å²) in [5.74, 6) is 0. The second kappa shape index (κ2) is 5.74. The molecule has 96 valence electrons. The Hall–Kier alpha value is -1.03. The van der Waals surface area contributed by atoms with Crippen LogP contribution in [0.5, 0.6) is 0 Å². The van der Waals surface area contributed by atoms with Gasteiger partial charge in [0.05, 0.1) is 15.7 Å². The molecule has 0 aliphatic heterocycles. The van der Waals surface area contributed by atoms with Crippen LogP contribution in [0.2, 0.25) is 10.0 Å². The molecule has 0 fully saturated rings. The largest absolute Gasteiger partial charge is 0.327 e. The van der Waals surface area contributed by atoms with E-state index in [4.69, 9.17) is 28.9 Å². The molecule has 0 saturated carbocycles. The molecule has 2 rings (SSSR count). The fraction of sp³-hybridized carbons (Fsp3) is 0.308. The summed E-state index contributed by atoms with van der Waals surface area (Å²) >= 11 is 11.9. The Balaban J connectivity index is 2.21. The highest BCUT2D eigenvalue weighted by molar-refractivity contribution is 6.42. The summed E-state index contributed by atoms with van der Waals surface area (Å²) < 4.78 is 0. The minimum atomic E-state index is 0.159. The topological polar surface area (TPSA) is 54.7 Å². The van der Waals surface area contributed by atoms with Crippen LogP contribution in [0.4, 0.5) is 0 Å². The van der Waals surface area contributed by atoms with Crippen LogP contribution >= 0.6 is 23.2 Å². The molecule has 2 aromatic rings. The molecule has 0 spiro atoms. The quantitative estimate of drug-likeness (QED) is 0.900. The zero-order chi connectivity index (χ0) is 13.1. The van der Waals surface area contributed by atoms with Crippen LogP contribution in [-0.2, 0) is 6.42 Å². The average molecular weight is 284 g/mol. The van der Waals surface area contributed by atoms with Crippen LogP contribution in [0.1, 0.15) is 19.0 Å². The summed E-state index contributed by atoms with van der Waals surface area (Å²) in [5, 5.41) is 8.34. The highest BCUT2D eigenvalue weighted by Gasteiger charge is 2.08. The molecule has 1 aromatic heterocycles. The standard InChI is InChI=1S/C13H15Cl2N3/c1-2-9(16)6-10-7-13(18-17-10)8-3-4-11(14)12(15)5-8/h3-5,7,9H,2,6,16H2,1H3,(H,17,18). The Morgan fingerprint density at radius 2 is 2.06 bits per heavy atom. The molecule has 3 nitrogen and oxygen atoms in total. The van der Waals surface area contributed by atoms with E-state index in [0.717, 1.165) is 29.8 Å². The molecule has 0 aliphatic carbocycles. The van der Waals surface area contributed by atoms with Gasteiger partial charge in [-0.2, -0.15) is 5.10 Å².